The van der Waals surface area contributed by atoms with E-state index < -0.39 is 17.9 Å². The third kappa shape index (κ3) is 22.1. The molecule has 0 aromatic rings. The maximum Gasteiger partial charge on any atom is 0.330 e. The minimum absolute atomic E-state index is 0.176. The molecule has 0 saturated carbocycles. The van der Waals surface area contributed by atoms with E-state index in [1.54, 1.807) is 0 Å². The molecule has 0 rings (SSSR count). The Kier molecular flexibility index (Phi) is 17.8. The summed E-state index contributed by atoms with van der Waals surface area (Å²) >= 11 is 0. The van der Waals surface area contributed by atoms with Gasteiger partial charge in [-0.1, -0.05) is 46.4 Å². The summed E-state index contributed by atoms with van der Waals surface area (Å²) in [5.41, 5.74) is 0.791. The van der Waals surface area contributed by atoms with Crippen LogP contribution in [0.15, 0.2) is 36.5 Å². The summed E-state index contributed by atoms with van der Waals surface area (Å²) in [6.45, 7) is 15.3. The molecular weight excluding hydrogens is 300 g/mol. The third-order valence-corrected chi connectivity index (χ3v) is 2.35. The van der Waals surface area contributed by atoms with E-state index in [0.29, 0.717) is 24.0 Å². The fraction of sp³-hybridized carbons (Fsp3) is 0.471. The van der Waals surface area contributed by atoms with Crippen molar-refractivity contribution in [2.75, 3.05) is 0 Å². The monoisotopic (exact) mass is 328 g/mol. The van der Waals surface area contributed by atoms with Gasteiger partial charge in [0, 0.05) is 16.7 Å². The SMILES string of the molecule is C=C(C)C(=O)O.C=C(CCC)C(=O)O.C=C(CCCC)C(=O)O. The Labute approximate surface area is 137 Å². The molecule has 0 atom stereocenters. The van der Waals surface area contributed by atoms with Crippen LogP contribution >= 0.6 is 0 Å². The van der Waals surface area contributed by atoms with Gasteiger partial charge in [-0.05, 0) is 26.2 Å². The predicted molar refractivity (Wildman–Crippen MR) is 90.4 cm³/mol. The normalized spacial score (nSPS) is 8.48. The Morgan fingerprint density at radius 1 is 0.739 bits per heavy atom. The van der Waals surface area contributed by atoms with Gasteiger partial charge in [0.2, 0.25) is 0 Å². The van der Waals surface area contributed by atoms with Gasteiger partial charge in [-0.15, -0.1) is 0 Å². The van der Waals surface area contributed by atoms with E-state index in [9.17, 15) is 14.4 Å². The first-order chi connectivity index (χ1) is 10.5. The van der Waals surface area contributed by atoms with Crippen LogP contribution < -0.4 is 0 Å². The number of carboxylic acid groups (broad SMARTS) is 3. The molecule has 0 unspecified atom stereocenters. The zero-order valence-electron chi connectivity index (χ0n) is 14.2. The van der Waals surface area contributed by atoms with Crippen molar-refractivity contribution in [3.63, 3.8) is 0 Å². The van der Waals surface area contributed by atoms with Gasteiger partial charge in [0.25, 0.3) is 0 Å². The molecule has 0 aliphatic heterocycles. The molecule has 0 bridgehead atoms. The Hall–Kier alpha value is -2.37. The second kappa shape index (κ2) is 16.0. The Balaban J connectivity index is -0.000000266. The van der Waals surface area contributed by atoms with Crippen LogP contribution in [0, 0.1) is 0 Å². The van der Waals surface area contributed by atoms with Gasteiger partial charge in [0.15, 0.2) is 0 Å². The number of carbonyl (C=O) groups is 3. The highest BCUT2D eigenvalue weighted by molar-refractivity contribution is 5.86. The molecule has 0 spiro atoms. The summed E-state index contributed by atoms with van der Waals surface area (Å²) < 4.78 is 0. The zero-order valence-corrected chi connectivity index (χ0v) is 14.2. The molecule has 0 amide bonds. The largest absolute Gasteiger partial charge is 0.478 e. The van der Waals surface area contributed by atoms with Gasteiger partial charge in [0.1, 0.15) is 0 Å². The smallest absolute Gasteiger partial charge is 0.330 e. The number of hydrogen-bond acceptors (Lipinski definition) is 3. The summed E-state index contributed by atoms with van der Waals surface area (Å²) in [5, 5.41) is 24.4. The molecular formula is C17H28O6. The number of carboxylic acids is 3. The average Bonchev–Trinajstić information content (AvgIpc) is 2.45. The van der Waals surface area contributed by atoms with Crippen molar-refractivity contribution in [1.82, 2.24) is 0 Å². The van der Waals surface area contributed by atoms with Crippen LogP contribution in [-0.4, -0.2) is 33.2 Å². The molecule has 6 heteroatoms. The van der Waals surface area contributed by atoms with Crippen molar-refractivity contribution in [2.24, 2.45) is 0 Å². The molecule has 0 aliphatic rings. The molecule has 3 N–H and O–H groups in total. The Morgan fingerprint density at radius 2 is 1.09 bits per heavy atom. The van der Waals surface area contributed by atoms with Crippen LogP contribution in [0.1, 0.15) is 52.9 Å². The average molecular weight is 328 g/mol. The Bertz CT molecular complexity index is 422. The lowest BCUT2D eigenvalue weighted by atomic mass is 10.1. The van der Waals surface area contributed by atoms with Gasteiger partial charge in [0.05, 0.1) is 0 Å². The van der Waals surface area contributed by atoms with E-state index in [-0.39, 0.29) is 5.57 Å². The van der Waals surface area contributed by atoms with E-state index in [1.165, 1.54) is 6.92 Å². The molecule has 0 fully saturated rings. The molecule has 0 aliphatic carbocycles. The summed E-state index contributed by atoms with van der Waals surface area (Å²) in [6.07, 6.45) is 4.00. The predicted octanol–water partition coefficient (Wildman–Crippen LogP) is 3.89. The summed E-state index contributed by atoms with van der Waals surface area (Å²) in [4.78, 5) is 29.7. The number of rotatable bonds is 8. The van der Waals surface area contributed by atoms with Gasteiger partial charge in [-0.2, -0.15) is 0 Å². The second-order valence-corrected chi connectivity index (χ2v) is 4.76. The van der Waals surface area contributed by atoms with E-state index in [1.807, 2.05) is 13.8 Å². The second-order valence-electron chi connectivity index (χ2n) is 4.76. The highest BCUT2D eigenvalue weighted by Crippen LogP contribution is 2.03. The maximum absolute atomic E-state index is 10.1. The molecule has 0 aromatic carbocycles. The maximum atomic E-state index is 10.1. The van der Waals surface area contributed by atoms with Crippen molar-refractivity contribution in [3.05, 3.63) is 36.5 Å². The minimum atomic E-state index is -0.935. The van der Waals surface area contributed by atoms with Crippen LogP contribution in [-0.2, 0) is 14.4 Å². The highest BCUT2D eigenvalue weighted by atomic mass is 16.4. The lowest BCUT2D eigenvalue weighted by Gasteiger charge is -1.95. The molecule has 0 heterocycles. The van der Waals surface area contributed by atoms with Crippen LogP contribution in [0.25, 0.3) is 0 Å². The standard InChI is InChI=1S/C7H12O2.C6H10O2.C4H6O2/c1-3-4-5-6(2)7(8)9;1-3-4-5(2)6(7)8;1-3(2)4(5)6/h2-5H2,1H3,(H,8,9);2-4H2,1H3,(H,7,8);1H2,2H3,(H,5,6). The van der Waals surface area contributed by atoms with Crippen molar-refractivity contribution < 1.29 is 29.7 Å². The fourth-order valence-electron chi connectivity index (χ4n) is 0.906. The van der Waals surface area contributed by atoms with E-state index in [0.717, 1.165) is 19.3 Å². The van der Waals surface area contributed by atoms with Gasteiger partial charge in [-0.25, -0.2) is 14.4 Å². The van der Waals surface area contributed by atoms with E-state index in [4.69, 9.17) is 15.3 Å². The molecule has 6 nitrogen and oxygen atoms in total. The van der Waals surface area contributed by atoms with Crippen LogP contribution in [0.3, 0.4) is 0 Å². The van der Waals surface area contributed by atoms with Gasteiger partial charge in [-0.3, -0.25) is 0 Å². The number of aliphatic carboxylic acids is 3. The first-order valence-corrected chi connectivity index (χ1v) is 7.22. The zero-order chi connectivity index (χ0) is 19.0. The lowest BCUT2D eigenvalue weighted by molar-refractivity contribution is -0.133. The highest BCUT2D eigenvalue weighted by Gasteiger charge is 2.00. The molecule has 0 aromatic heterocycles. The summed E-state index contributed by atoms with van der Waals surface area (Å²) in [6, 6.07) is 0. The Morgan fingerprint density at radius 3 is 1.26 bits per heavy atom. The summed E-state index contributed by atoms with van der Waals surface area (Å²) in [7, 11) is 0. The van der Waals surface area contributed by atoms with Crippen LogP contribution in [0.5, 0.6) is 0 Å². The van der Waals surface area contributed by atoms with Crippen molar-refractivity contribution in [1.29, 1.82) is 0 Å². The van der Waals surface area contributed by atoms with Crippen LogP contribution in [0.2, 0.25) is 0 Å². The summed E-state index contributed by atoms with van der Waals surface area (Å²) in [5.74, 6) is -2.69. The first-order valence-electron chi connectivity index (χ1n) is 7.22. The van der Waals surface area contributed by atoms with Crippen molar-refractivity contribution in [2.45, 2.75) is 52.9 Å². The molecule has 23 heavy (non-hydrogen) atoms. The van der Waals surface area contributed by atoms with E-state index in [2.05, 4.69) is 19.7 Å². The van der Waals surface area contributed by atoms with Crippen molar-refractivity contribution >= 4 is 17.9 Å². The quantitative estimate of drug-likeness (QED) is 0.583. The molecule has 132 valence electrons. The van der Waals surface area contributed by atoms with E-state index >= 15 is 0 Å². The first kappa shape index (κ1) is 25.6. The third-order valence-electron chi connectivity index (χ3n) is 2.35. The molecule has 0 radical (unpaired) electrons. The number of hydrogen-bond donors (Lipinski definition) is 3. The van der Waals surface area contributed by atoms with Gasteiger partial charge >= 0.3 is 17.9 Å². The van der Waals surface area contributed by atoms with Gasteiger partial charge < -0.3 is 15.3 Å². The number of unbranched alkanes of at least 4 members (excludes halogenated alkanes) is 1. The minimum Gasteiger partial charge on any atom is -0.478 e. The van der Waals surface area contributed by atoms with Crippen molar-refractivity contribution in [3.8, 4) is 0 Å². The fourth-order valence-corrected chi connectivity index (χ4v) is 0.906. The topological polar surface area (TPSA) is 112 Å². The lowest BCUT2D eigenvalue weighted by Crippen LogP contribution is -1.97. The molecule has 0 saturated heterocycles. The van der Waals surface area contributed by atoms with Crippen LogP contribution in [0.4, 0.5) is 0 Å².